The smallest absolute Gasteiger partial charge is 0.266 e. The average Bonchev–Trinajstić information content (AvgIpc) is 2.99. The predicted octanol–water partition coefficient (Wildman–Crippen LogP) is 1.08. The molecule has 1 aromatic rings. The number of hydrogen-bond donors (Lipinski definition) is 0. The Morgan fingerprint density at radius 1 is 1.44 bits per heavy atom. The van der Waals surface area contributed by atoms with Gasteiger partial charge in [-0.25, -0.2) is 4.98 Å². The van der Waals surface area contributed by atoms with Crippen LogP contribution >= 0.6 is 11.3 Å². The van der Waals surface area contributed by atoms with Gasteiger partial charge in [0.15, 0.2) is 0 Å². The first-order chi connectivity index (χ1) is 8.73. The summed E-state index contributed by atoms with van der Waals surface area (Å²) >= 11 is 1.41. The summed E-state index contributed by atoms with van der Waals surface area (Å²) in [5, 5.41) is 0. The minimum absolute atomic E-state index is 0.0730. The van der Waals surface area contributed by atoms with Crippen molar-refractivity contribution in [3.05, 3.63) is 16.1 Å². The van der Waals surface area contributed by atoms with Crippen LogP contribution in [0.15, 0.2) is 5.51 Å². The number of aryl methyl sites for hydroxylation is 1. The van der Waals surface area contributed by atoms with Gasteiger partial charge in [-0.15, -0.1) is 11.3 Å². The van der Waals surface area contributed by atoms with E-state index < -0.39 is 0 Å². The van der Waals surface area contributed by atoms with E-state index >= 15 is 0 Å². The Hall–Kier alpha value is -0.980. The van der Waals surface area contributed by atoms with Crippen molar-refractivity contribution in [3.63, 3.8) is 0 Å². The number of amides is 1. The van der Waals surface area contributed by atoms with Crippen molar-refractivity contribution in [3.8, 4) is 0 Å². The van der Waals surface area contributed by atoms with E-state index in [9.17, 15) is 4.79 Å². The van der Waals surface area contributed by atoms with E-state index in [0.29, 0.717) is 33.0 Å². The third-order valence-electron chi connectivity index (χ3n) is 3.67. The quantitative estimate of drug-likeness (QED) is 0.765. The Bertz CT molecular complexity index is 454. The van der Waals surface area contributed by atoms with Crippen LogP contribution in [0.4, 0.5) is 0 Å². The Morgan fingerprint density at radius 2 is 2.22 bits per heavy atom. The second-order valence-electron chi connectivity index (χ2n) is 4.80. The summed E-state index contributed by atoms with van der Waals surface area (Å²) < 4.78 is 11.0. The van der Waals surface area contributed by atoms with Gasteiger partial charge in [-0.05, 0) is 13.3 Å². The molecule has 6 heteroatoms. The minimum atomic E-state index is -0.258. The number of hydrogen-bond acceptors (Lipinski definition) is 5. The van der Waals surface area contributed by atoms with Gasteiger partial charge < -0.3 is 14.4 Å². The molecule has 0 N–H and O–H groups in total. The zero-order valence-electron chi connectivity index (χ0n) is 10.3. The molecule has 2 aliphatic heterocycles. The fraction of sp³-hybridized carbons (Fsp3) is 0.667. The first-order valence-electron chi connectivity index (χ1n) is 6.10. The maximum Gasteiger partial charge on any atom is 0.266 e. The van der Waals surface area contributed by atoms with Gasteiger partial charge in [-0.3, -0.25) is 4.79 Å². The van der Waals surface area contributed by atoms with E-state index in [4.69, 9.17) is 9.47 Å². The lowest BCUT2D eigenvalue weighted by Crippen LogP contribution is -2.59. The van der Waals surface area contributed by atoms with Gasteiger partial charge in [0.05, 0.1) is 36.6 Å². The molecular weight excluding hydrogens is 252 g/mol. The van der Waals surface area contributed by atoms with Gasteiger partial charge in [0.2, 0.25) is 0 Å². The molecule has 1 spiro atoms. The Labute approximate surface area is 110 Å². The molecule has 0 saturated carbocycles. The molecule has 1 atom stereocenters. The summed E-state index contributed by atoms with van der Waals surface area (Å²) in [7, 11) is 0. The molecule has 3 rings (SSSR count). The van der Waals surface area contributed by atoms with E-state index in [2.05, 4.69) is 4.98 Å². The van der Waals surface area contributed by atoms with Crippen molar-refractivity contribution in [1.82, 2.24) is 9.88 Å². The van der Waals surface area contributed by atoms with Crippen LogP contribution in [0.25, 0.3) is 0 Å². The maximum absolute atomic E-state index is 12.6. The minimum Gasteiger partial charge on any atom is -0.379 e. The van der Waals surface area contributed by atoms with Gasteiger partial charge in [0.1, 0.15) is 4.88 Å². The number of aromatic nitrogens is 1. The first kappa shape index (κ1) is 12.1. The molecule has 2 fully saturated rings. The van der Waals surface area contributed by atoms with Crippen LogP contribution in [0.1, 0.15) is 21.8 Å². The molecule has 0 aliphatic carbocycles. The van der Waals surface area contributed by atoms with Crippen LogP contribution in [0.5, 0.6) is 0 Å². The number of morpholine rings is 1. The highest BCUT2D eigenvalue weighted by molar-refractivity contribution is 7.11. The monoisotopic (exact) mass is 268 g/mol. The molecule has 3 heterocycles. The summed E-state index contributed by atoms with van der Waals surface area (Å²) in [6.07, 6.45) is 0.858. The summed E-state index contributed by atoms with van der Waals surface area (Å²) in [6, 6.07) is 0. The van der Waals surface area contributed by atoms with Crippen LogP contribution in [-0.2, 0) is 9.47 Å². The molecule has 0 radical (unpaired) electrons. The van der Waals surface area contributed by atoms with E-state index in [1.807, 2.05) is 11.8 Å². The zero-order chi connectivity index (χ0) is 12.6. The van der Waals surface area contributed by atoms with E-state index in [1.165, 1.54) is 11.3 Å². The first-order valence-corrected chi connectivity index (χ1v) is 6.98. The van der Waals surface area contributed by atoms with E-state index in [1.54, 1.807) is 5.51 Å². The van der Waals surface area contributed by atoms with Crippen LogP contribution in [0.2, 0.25) is 0 Å². The molecule has 0 unspecified atom stereocenters. The van der Waals surface area contributed by atoms with Gasteiger partial charge in [0, 0.05) is 13.2 Å². The number of ether oxygens (including phenoxy) is 2. The van der Waals surface area contributed by atoms with Gasteiger partial charge in [0.25, 0.3) is 5.91 Å². The third kappa shape index (κ3) is 1.84. The van der Waals surface area contributed by atoms with Gasteiger partial charge >= 0.3 is 0 Å². The molecule has 0 aromatic carbocycles. The number of carbonyl (C=O) groups is 1. The molecule has 0 bridgehead atoms. The van der Waals surface area contributed by atoms with Crippen LogP contribution in [0.3, 0.4) is 0 Å². The van der Waals surface area contributed by atoms with Crippen LogP contribution < -0.4 is 0 Å². The summed E-state index contributed by atoms with van der Waals surface area (Å²) in [5.74, 6) is 0.0730. The molecular formula is C12H16N2O3S. The standard InChI is InChI=1S/C12H16N2O3S/c1-9-10(18-8-13-9)11(15)14-3-5-17-7-12(14)2-4-16-6-12/h8H,2-7H2,1H3/t12-/m0/s1. The second kappa shape index (κ2) is 4.60. The fourth-order valence-corrected chi connectivity index (χ4v) is 3.35. The molecule has 2 saturated heterocycles. The lowest BCUT2D eigenvalue weighted by Gasteiger charge is -2.43. The fourth-order valence-electron chi connectivity index (χ4n) is 2.60. The number of thiazole rings is 1. The molecule has 1 aromatic heterocycles. The van der Waals surface area contributed by atoms with Crippen molar-refractivity contribution >= 4 is 17.2 Å². The Balaban J connectivity index is 1.89. The van der Waals surface area contributed by atoms with E-state index in [-0.39, 0.29) is 11.4 Å². The highest BCUT2D eigenvalue weighted by Crippen LogP contribution is 2.31. The summed E-state index contributed by atoms with van der Waals surface area (Å²) in [5.41, 5.74) is 2.28. The largest absolute Gasteiger partial charge is 0.379 e. The number of nitrogens with zero attached hydrogens (tertiary/aromatic N) is 2. The van der Waals surface area contributed by atoms with E-state index in [0.717, 1.165) is 17.0 Å². The third-order valence-corrected chi connectivity index (χ3v) is 4.59. The second-order valence-corrected chi connectivity index (χ2v) is 5.66. The van der Waals surface area contributed by atoms with Crippen molar-refractivity contribution in [1.29, 1.82) is 0 Å². The van der Waals surface area contributed by atoms with Gasteiger partial charge in [-0.2, -0.15) is 0 Å². The zero-order valence-corrected chi connectivity index (χ0v) is 11.2. The number of carbonyl (C=O) groups excluding carboxylic acids is 1. The molecule has 98 valence electrons. The highest BCUT2D eigenvalue weighted by atomic mass is 32.1. The van der Waals surface area contributed by atoms with Crippen molar-refractivity contribution in [2.75, 3.05) is 33.0 Å². The lowest BCUT2D eigenvalue weighted by atomic mass is 9.95. The summed E-state index contributed by atoms with van der Waals surface area (Å²) in [6.45, 7) is 4.98. The normalized spacial score (nSPS) is 27.9. The average molecular weight is 268 g/mol. The predicted molar refractivity (Wildman–Crippen MR) is 66.9 cm³/mol. The van der Waals surface area contributed by atoms with Crippen LogP contribution in [-0.4, -0.2) is 54.3 Å². The molecule has 18 heavy (non-hydrogen) atoms. The van der Waals surface area contributed by atoms with Crippen molar-refractivity contribution in [2.24, 2.45) is 0 Å². The van der Waals surface area contributed by atoms with Crippen LogP contribution in [0, 0.1) is 6.92 Å². The van der Waals surface area contributed by atoms with Crippen molar-refractivity contribution < 1.29 is 14.3 Å². The Kier molecular flexibility index (Phi) is 3.09. The maximum atomic E-state index is 12.6. The Morgan fingerprint density at radius 3 is 2.89 bits per heavy atom. The highest BCUT2D eigenvalue weighted by Gasteiger charge is 2.46. The molecule has 5 nitrogen and oxygen atoms in total. The lowest BCUT2D eigenvalue weighted by molar-refractivity contribution is -0.0549. The summed E-state index contributed by atoms with van der Waals surface area (Å²) in [4.78, 5) is 19.5. The molecule has 2 aliphatic rings. The van der Waals surface area contributed by atoms with Gasteiger partial charge in [-0.1, -0.05) is 0 Å². The number of rotatable bonds is 1. The van der Waals surface area contributed by atoms with Crippen molar-refractivity contribution in [2.45, 2.75) is 18.9 Å². The SMILES string of the molecule is Cc1ncsc1C(=O)N1CCOC[C@@]12CCOC2. The molecule has 1 amide bonds. The topological polar surface area (TPSA) is 51.7 Å².